The minimum absolute atomic E-state index is 0.385. The Bertz CT molecular complexity index is 109. The van der Waals surface area contributed by atoms with Crippen LogP contribution in [-0.4, -0.2) is 39.8 Å². The van der Waals surface area contributed by atoms with Crippen molar-refractivity contribution in [1.82, 2.24) is 0 Å². The standard InChI is InChI=1S/C8H18O3Si/c1-12(9)5-3-2-4-10-6-8-7-11-8/h8-9,12H,2-7H2,1H3. The van der Waals surface area contributed by atoms with E-state index in [1.165, 1.54) is 0 Å². The number of rotatable bonds is 7. The van der Waals surface area contributed by atoms with E-state index in [9.17, 15) is 0 Å². The van der Waals surface area contributed by atoms with Crippen LogP contribution in [0, 0.1) is 0 Å². The molecule has 0 amide bonds. The molecule has 0 radical (unpaired) electrons. The maximum absolute atomic E-state index is 9.09. The summed E-state index contributed by atoms with van der Waals surface area (Å²) in [7, 11) is -1.31. The Hall–Kier alpha value is 0.0969. The van der Waals surface area contributed by atoms with Crippen LogP contribution >= 0.6 is 0 Å². The number of hydrogen-bond donors (Lipinski definition) is 1. The molecule has 4 heteroatoms. The lowest BCUT2D eigenvalue weighted by molar-refractivity contribution is 0.114. The lowest BCUT2D eigenvalue weighted by Crippen LogP contribution is -2.06. The largest absolute Gasteiger partial charge is 0.435 e. The predicted octanol–water partition coefficient (Wildman–Crippen LogP) is 0.528. The van der Waals surface area contributed by atoms with Gasteiger partial charge in [-0.3, -0.25) is 0 Å². The molecule has 1 aliphatic rings. The fourth-order valence-corrected chi connectivity index (χ4v) is 1.90. The second-order valence-electron chi connectivity index (χ2n) is 3.38. The molecule has 0 aromatic carbocycles. The summed E-state index contributed by atoms with van der Waals surface area (Å²) in [6.07, 6.45) is 2.57. The lowest BCUT2D eigenvalue weighted by atomic mass is 10.3. The molecule has 0 aromatic heterocycles. The first-order valence-corrected chi connectivity index (χ1v) is 7.15. The van der Waals surface area contributed by atoms with Crippen molar-refractivity contribution in [1.29, 1.82) is 0 Å². The highest BCUT2D eigenvalue weighted by Gasteiger charge is 2.21. The van der Waals surface area contributed by atoms with Crippen molar-refractivity contribution in [2.24, 2.45) is 0 Å². The molecule has 12 heavy (non-hydrogen) atoms. The van der Waals surface area contributed by atoms with Crippen LogP contribution in [0.5, 0.6) is 0 Å². The number of epoxide rings is 1. The normalized spacial score (nSPS) is 24.0. The lowest BCUT2D eigenvalue weighted by Gasteiger charge is -2.02. The second-order valence-corrected chi connectivity index (χ2v) is 5.65. The van der Waals surface area contributed by atoms with Gasteiger partial charge in [0.2, 0.25) is 0 Å². The Labute approximate surface area is 75.4 Å². The van der Waals surface area contributed by atoms with E-state index in [1.54, 1.807) is 0 Å². The summed E-state index contributed by atoms with van der Waals surface area (Å²) in [6, 6.07) is 1.02. The zero-order valence-corrected chi connectivity index (χ0v) is 8.82. The van der Waals surface area contributed by atoms with Crippen molar-refractivity contribution < 1.29 is 14.3 Å². The fourth-order valence-electron chi connectivity index (χ4n) is 1.02. The number of unbranched alkanes of at least 4 members (excludes halogenated alkanes) is 1. The highest BCUT2D eigenvalue weighted by Crippen LogP contribution is 2.09. The first-order chi connectivity index (χ1) is 5.79. The smallest absolute Gasteiger partial charge is 0.169 e. The van der Waals surface area contributed by atoms with E-state index in [2.05, 4.69) is 0 Å². The Kier molecular flexibility index (Phi) is 4.83. The van der Waals surface area contributed by atoms with Gasteiger partial charge in [0.15, 0.2) is 9.04 Å². The molecule has 0 bridgehead atoms. The molecule has 1 rings (SSSR count). The van der Waals surface area contributed by atoms with Crippen LogP contribution in [-0.2, 0) is 9.47 Å². The minimum atomic E-state index is -1.31. The van der Waals surface area contributed by atoms with Crippen molar-refractivity contribution in [2.75, 3.05) is 19.8 Å². The molecule has 0 aromatic rings. The van der Waals surface area contributed by atoms with Gasteiger partial charge in [-0.05, 0) is 19.0 Å². The molecular weight excluding hydrogens is 172 g/mol. The highest BCUT2D eigenvalue weighted by molar-refractivity contribution is 6.48. The number of hydrogen-bond acceptors (Lipinski definition) is 3. The van der Waals surface area contributed by atoms with E-state index in [-0.39, 0.29) is 0 Å². The molecule has 1 aliphatic heterocycles. The third kappa shape index (κ3) is 5.71. The molecule has 1 N–H and O–H groups in total. The zero-order valence-electron chi connectivity index (χ0n) is 7.66. The summed E-state index contributed by atoms with van der Waals surface area (Å²) in [4.78, 5) is 9.09. The van der Waals surface area contributed by atoms with Gasteiger partial charge in [0.1, 0.15) is 6.10 Å². The second kappa shape index (κ2) is 5.69. The maximum atomic E-state index is 9.09. The first-order valence-electron chi connectivity index (χ1n) is 4.66. The summed E-state index contributed by atoms with van der Waals surface area (Å²) >= 11 is 0. The van der Waals surface area contributed by atoms with Crippen molar-refractivity contribution in [2.45, 2.75) is 31.5 Å². The van der Waals surface area contributed by atoms with Crippen LogP contribution in [0.25, 0.3) is 0 Å². The summed E-state index contributed by atoms with van der Waals surface area (Å²) in [5, 5.41) is 0. The van der Waals surface area contributed by atoms with Crippen molar-refractivity contribution in [3.8, 4) is 0 Å². The van der Waals surface area contributed by atoms with Crippen LogP contribution in [0.4, 0.5) is 0 Å². The molecule has 72 valence electrons. The Balaban J connectivity index is 1.70. The molecule has 1 fully saturated rings. The SMILES string of the molecule is C[SiH](O)CCCCOCC1CO1. The van der Waals surface area contributed by atoms with Crippen LogP contribution < -0.4 is 0 Å². The fraction of sp³-hybridized carbons (Fsp3) is 1.00. The average molecular weight is 190 g/mol. The highest BCUT2D eigenvalue weighted by atomic mass is 28.3. The van der Waals surface area contributed by atoms with Crippen LogP contribution in [0.15, 0.2) is 0 Å². The third-order valence-electron chi connectivity index (χ3n) is 1.87. The van der Waals surface area contributed by atoms with Crippen LogP contribution in [0.3, 0.4) is 0 Å². The van der Waals surface area contributed by atoms with Gasteiger partial charge in [0, 0.05) is 6.61 Å². The molecule has 2 unspecified atom stereocenters. The van der Waals surface area contributed by atoms with Gasteiger partial charge in [0.05, 0.1) is 13.2 Å². The van der Waals surface area contributed by atoms with Gasteiger partial charge in [-0.15, -0.1) is 0 Å². The molecule has 0 spiro atoms. The van der Waals surface area contributed by atoms with Gasteiger partial charge < -0.3 is 14.3 Å². The van der Waals surface area contributed by atoms with Gasteiger partial charge >= 0.3 is 0 Å². The third-order valence-corrected chi connectivity index (χ3v) is 3.11. The first kappa shape index (κ1) is 10.2. The Morgan fingerprint density at radius 1 is 1.58 bits per heavy atom. The summed E-state index contributed by atoms with van der Waals surface area (Å²) < 4.78 is 10.3. The summed E-state index contributed by atoms with van der Waals surface area (Å²) in [6.45, 7) is 4.41. The molecule has 1 heterocycles. The number of ether oxygens (including phenoxy) is 2. The molecule has 1 saturated heterocycles. The predicted molar refractivity (Wildman–Crippen MR) is 49.8 cm³/mol. The zero-order chi connectivity index (χ0) is 8.81. The van der Waals surface area contributed by atoms with E-state index in [0.717, 1.165) is 38.7 Å². The van der Waals surface area contributed by atoms with E-state index < -0.39 is 9.04 Å². The summed E-state index contributed by atoms with van der Waals surface area (Å²) in [5.74, 6) is 0. The van der Waals surface area contributed by atoms with Crippen LogP contribution in [0.1, 0.15) is 12.8 Å². The molecule has 2 atom stereocenters. The molecule has 0 saturated carbocycles. The molecule has 0 aliphatic carbocycles. The minimum Gasteiger partial charge on any atom is -0.435 e. The van der Waals surface area contributed by atoms with Gasteiger partial charge in [-0.1, -0.05) is 6.42 Å². The van der Waals surface area contributed by atoms with Crippen LogP contribution in [0.2, 0.25) is 12.6 Å². The van der Waals surface area contributed by atoms with Crippen molar-refractivity contribution in [3.05, 3.63) is 0 Å². The monoisotopic (exact) mass is 190 g/mol. The maximum Gasteiger partial charge on any atom is 0.169 e. The molecular formula is C8H18O3Si. The quantitative estimate of drug-likeness (QED) is 0.362. The van der Waals surface area contributed by atoms with Gasteiger partial charge in [-0.25, -0.2) is 0 Å². The summed E-state index contributed by atoms with van der Waals surface area (Å²) in [5.41, 5.74) is 0. The van der Waals surface area contributed by atoms with Crippen molar-refractivity contribution >= 4 is 9.04 Å². The van der Waals surface area contributed by atoms with Crippen molar-refractivity contribution in [3.63, 3.8) is 0 Å². The topological polar surface area (TPSA) is 42.0 Å². The molecule has 3 nitrogen and oxygen atoms in total. The van der Waals surface area contributed by atoms with E-state index in [0.29, 0.717) is 6.10 Å². The Morgan fingerprint density at radius 2 is 2.33 bits per heavy atom. The van der Waals surface area contributed by atoms with E-state index >= 15 is 0 Å². The van der Waals surface area contributed by atoms with E-state index in [1.807, 2.05) is 6.55 Å². The average Bonchev–Trinajstić information content (AvgIpc) is 2.79. The Morgan fingerprint density at radius 3 is 2.92 bits per heavy atom. The van der Waals surface area contributed by atoms with E-state index in [4.69, 9.17) is 14.3 Å². The van der Waals surface area contributed by atoms with Gasteiger partial charge in [-0.2, -0.15) is 0 Å². The van der Waals surface area contributed by atoms with Gasteiger partial charge in [0.25, 0.3) is 0 Å².